The van der Waals surface area contributed by atoms with E-state index in [0.717, 1.165) is 18.4 Å². The molecule has 1 aliphatic heterocycles. The van der Waals surface area contributed by atoms with Crippen LogP contribution in [0.3, 0.4) is 0 Å². The third-order valence-electron chi connectivity index (χ3n) is 6.78. The molecule has 2 amide bonds. The van der Waals surface area contributed by atoms with Gasteiger partial charge in [0.2, 0.25) is 5.91 Å². The highest BCUT2D eigenvalue weighted by molar-refractivity contribution is 5.94. The number of methoxy groups -OCH3 is 1. The van der Waals surface area contributed by atoms with E-state index in [1.54, 1.807) is 0 Å². The monoisotopic (exact) mass is 504 g/mol. The average molecular weight is 505 g/mol. The van der Waals surface area contributed by atoms with Crippen LogP contribution in [0.15, 0.2) is 24.3 Å². The van der Waals surface area contributed by atoms with E-state index in [0.29, 0.717) is 31.4 Å². The van der Waals surface area contributed by atoms with Crippen molar-refractivity contribution in [2.45, 2.75) is 96.4 Å². The van der Waals surface area contributed by atoms with Crippen molar-refractivity contribution in [3.8, 4) is 0 Å². The van der Waals surface area contributed by atoms with E-state index in [2.05, 4.69) is 48.1 Å². The third kappa shape index (κ3) is 8.57. The molecule has 9 heteroatoms. The lowest BCUT2D eigenvalue weighted by Crippen LogP contribution is -2.58. The van der Waals surface area contributed by atoms with Crippen molar-refractivity contribution in [1.29, 1.82) is 0 Å². The summed E-state index contributed by atoms with van der Waals surface area (Å²) < 4.78 is 4.47. The van der Waals surface area contributed by atoms with E-state index in [1.165, 1.54) is 13.5 Å². The fraction of sp³-hybridized carbons (Fsp3) is 0.667. The molecule has 202 valence electrons. The van der Waals surface area contributed by atoms with Gasteiger partial charge in [0.25, 0.3) is 5.91 Å². The second-order valence-electron chi connectivity index (χ2n) is 10.8. The predicted molar refractivity (Wildman–Crippen MR) is 139 cm³/mol. The minimum absolute atomic E-state index is 0.0351. The van der Waals surface area contributed by atoms with Crippen LogP contribution in [0.25, 0.3) is 0 Å². The number of piperidine rings is 1. The Labute approximate surface area is 215 Å². The van der Waals surface area contributed by atoms with E-state index in [-0.39, 0.29) is 29.6 Å². The van der Waals surface area contributed by atoms with Gasteiger partial charge in [0.1, 0.15) is 12.6 Å². The van der Waals surface area contributed by atoms with Gasteiger partial charge in [-0.25, -0.2) is 0 Å². The predicted octanol–water partition coefficient (Wildman–Crippen LogP) is 3.24. The SMILES string of the molecule is COC(=O)CNC(=O)[C@@H](N)CCCCNC(=O)c1ccc(C(C)ON2C(C)(C)CCCC2(C)C)cc1. The summed E-state index contributed by atoms with van der Waals surface area (Å²) in [6, 6.07) is 6.81. The van der Waals surface area contributed by atoms with Gasteiger partial charge in [-0.2, -0.15) is 5.06 Å². The number of hydrogen-bond donors (Lipinski definition) is 3. The maximum absolute atomic E-state index is 12.5. The zero-order valence-electron chi connectivity index (χ0n) is 22.7. The molecule has 0 aliphatic carbocycles. The van der Waals surface area contributed by atoms with Gasteiger partial charge in [-0.15, -0.1) is 0 Å². The molecule has 9 nitrogen and oxygen atoms in total. The van der Waals surface area contributed by atoms with E-state index in [4.69, 9.17) is 10.6 Å². The first-order valence-corrected chi connectivity index (χ1v) is 12.8. The molecule has 0 radical (unpaired) electrons. The van der Waals surface area contributed by atoms with Crippen molar-refractivity contribution < 1.29 is 24.0 Å². The number of unbranched alkanes of at least 4 members (excludes halogenated alkanes) is 1. The van der Waals surface area contributed by atoms with Gasteiger partial charge >= 0.3 is 5.97 Å². The van der Waals surface area contributed by atoms with Crippen LogP contribution in [0.5, 0.6) is 0 Å². The smallest absolute Gasteiger partial charge is 0.325 e. The van der Waals surface area contributed by atoms with Crippen LogP contribution in [0.1, 0.15) is 95.2 Å². The summed E-state index contributed by atoms with van der Waals surface area (Å²) in [4.78, 5) is 41.9. The summed E-state index contributed by atoms with van der Waals surface area (Å²) in [6.07, 6.45) is 5.07. The van der Waals surface area contributed by atoms with E-state index < -0.39 is 17.9 Å². The summed E-state index contributed by atoms with van der Waals surface area (Å²) in [5.41, 5.74) is 7.37. The molecule has 0 aromatic heterocycles. The van der Waals surface area contributed by atoms with E-state index >= 15 is 0 Å². The number of nitrogens with one attached hydrogen (secondary N) is 2. The number of hydrogen-bond acceptors (Lipinski definition) is 7. The zero-order chi connectivity index (χ0) is 26.9. The van der Waals surface area contributed by atoms with Gasteiger partial charge in [0.05, 0.1) is 13.2 Å². The molecule has 1 aromatic carbocycles. The number of rotatable bonds is 12. The summed E-state index contributed by atoms with van der Waals surface area (Å²) >= 11 is 0. The topological polar surface area (TPSA) is 123 Å². The molecular weight excluding hydrogens is 460 g/mol. The van der Waals surface area contributed by atoms with Crippen LogP contribution in [-0.4, -0.2) is 60.2 Å². The first-order valence-electron chi connectivity index (χ1n) is 12.8. The van der Waals surface area contributed by atoms with Gasteiger partial charge in [-0.3, -0.25) is 19.2 Å². The van der Waals surface area contributed by atoms with Crippen molar-refractivity contribution in [2.24, 2.45) is 5.73 Å². The van der Waals surface area contributed by atoms with Crippen LogP contribution in [0.2, 0.25) is 0 Å². The Morgan fingerprint density at radius 2 is 1.64 bits per heavy atom. The van der Waals surface area contributed by atoms with Crippen molar-refractivity contribution >= 4 is 17.8 Å². The van der Waals surface area contributed by atoms with Crippen molar-refractivity contribution in [2.75, 3.05) is 20.2 Å². The standard InChI is InChI=1S/C27H44N4O5/c1-19(36-31-26(2,3)15-9-16-27(31,4)5)20-11-13-21(14-12-20)24(33)29-17-8-7-10-22(28)25(34)30-18-23(32)35-6/h11-14,19,22H,7-10,15-18,28H2,1-6H3,(H,29,33)(H,30,34)/t19?,22-/m0/s1. The zero-order valence-corrected chi connectivity index (χ0v) is 22.7. The highest BCUT2D eigenvalue weighted by Crippen LogP contribution is 2.40. The fourth-order valence-electron chi connectivity index (χ4n) is 4.67. The summed E-state index contributed by atoms with van der Waals surface area (Å²) in [7, 11) is 1.25. The van der Waals surface area contributed by atoms with Gasteiger partial charge in [-0.1, -0.05) is 12.1 Å². The molecule has 2 atom stereocenters. The lowest BCUT2D eigenvalue weighted by Gasteiger charge is -2.52. The average Bonchev–Trinajstić information content (AvgIpc) is 2.83. The summed E-state index contributed by atoms with van der Waals surface area (Å²) in [6.45, 7) is 11.2. The minimum Gasteiger partial charge on any atom is -0.468 e. The van der Waals surface area contributed by atoms with Crippen molar-refractivity contribution in [3.63, 3.8) is 0 Å². The molecule has 1 saturated heterocycles. The lowest BCUT2D eigenvalue weighted by molar-refractivity contribution is -0.304. The molecule has 1 heterocycles. The number of benzene rings is 1. The molecule has 1 aliphatic rings. The number of ether oxygens (including phenoxy) is 1. The number of amides is 2. The largest absolute Gasteiger partial charge is 0.468 e. The molecular formula is C27H44N4O5. The molecule has 0 spiro atoms. The number of nitrogens with two attached hydrogens (primary N) is 1. The number of nitrogens with zero attached hydrogens (tertiary/aromatic N) is 1. The maximum Gasteiger partial charge on any atom is 0.325 e. The molecule has 0 bridgehead atoms. The number of carbonyl (C=O) groups is 3. The maximum atomic E-state index is 12.5. The molecule has 36 heavy (non-hydrogen) atoms. The second kappa shape index (κ2) is 13.2. The van der Waals surface area contributed by atoms with Gasteiger partial charge in [0, 0.05) is 23.2 Å². The Kier molecular flexibility index (Phi) is 10.9. The van der Waals surface area contributed by atoms with Crippen LogP contribution >= 0.6 is 0 Å². The molecule has 1 aromatic rings. The van der Waals surface area contributed by atoms with E-state index in [9.17, 15) is 14.4 Å². The first-order chi connectivity index (χ1) is 16.9. The highest BCUT2D eigenvalue weighted by atomic mass is 16.7. The second-order valence-corrected chi connectivity index (χ2v) is 10.8. The van der Waals surface area contributed by atoms with Gasteiger partial charge < -0.3 is 21.1 Å². The fourth-order valence-corrected chi connectivity index (χ4v) is 4.67. The molecule has 1 unspecified atom stereocenters. The Bertz CT molecular complexity index is 869. The quantitative estimate of drug-likeness (QED) is 0.295. The normalized spacial score (nSPS) is 18.6. The Hall–Kier alpha value is -2.49. The molecule has 2 rings (SSSR count). The van der Waals surface area contributed by atoms with Crippen LogP contribution in [0.4, 0.5) is 0 Å². The number of esters is 1. The van der Waals surface area contributed by atoms with Crippen molar-refractivity contribution in [3.05, 3.63) is 35.4 Å². The Balaban J connectivity index is 1.76. The minimum atomic E-state index is -0.705. The van der Waals surface area contributed by atoms with Crippen LogP contribution in [0, 0.1) is 0 Å². The lowest BCUT2D eigenvalue weighted by atomic mass is 9.82. The number of hydroxylamine groups is 2. The molecule has 0 saturated carbocycles. The summed E-state index contributed by atoms with van der Waals surface area (Å²) in [5, 5.41) is 7.50. The Morgan fingerprint density at radius 1 is 1.03 bits per heavy atom. The Morgan fingerprint density at radius 3 is 2.22 bits per heavy atom. The van der Waals surface area contributed by atoms with E-state index in [1.807, 2.05) is 31.2 Å². The van der Waals surface area contributed by atoms with Crippen LogP contribution < -0.4 is 16.4 Å². The first kappa shape index (κ1) is 29.7. The third-order valence-corrected chi connectivity index (χ3v) is 6.78. The molecule has 4 N–H and O–H groups in total. The summed E-state index contributed by atoms with van der Waals surface area (Å²) in [5.74, 6) is -1.06. The number of carbonyl (C=O) groups excluding carboxylic acids is 3. The van der Waals surface area contributed by atoms with Gasteiger partial charge in [0.15, 0.2) is 0 Å². The highest BCUT2D eigenvalue weighted by Gasteiger charge is 2.43. The van der Waals surface area contributed by atoms with Crippen molar-refractivity contribution in [1.82, 2.24) is 15.7 Å². The van der Waals surface area contributed by atoms with Gasteiger partial charge in [-0.05, 0) is 90.8 Å². The van der Waals surface area contributed by atoms with Crippen LogP contribution in [-0.2, 0) is 19.2 Å². The molecule has 1 fully saturated rings.